The molecule has 2 rings (SSSR count). The molecule has 3 N–H and O–H groups in total. The van der Waals surface area contributed by atoms with Gasteiger partial charge in [0.05, 0.1) is 12.8 Å². The zero-order valence-corrected chi connectivity index (χ0v) is 11.1. The molecule has 0 spiro atoms. The lowest BCUT2D eigenvalue weighted by Gasteiger charge is -2.05. The molecule has 1 aromatic carbocycles. The molecule has 0 radical (unpaired) electrons. The summed E-state index contributed by atoms with van der Waals surface area (Å²) in [7, 11) is -2.00. The van der Waals surface area contributed by atoms with Crippen LogP contribution in [-0.2, 0) is 29.4 Å². The molecule has 0 fully saturated rings. The van der Waals surface area contributed by atoms with E-state index in [1.54, 1.807) is 31.3 Å². The maximum atomic E-state index is 11.9. The van der Waals surface area contributed by atoms with E-state index in [1.165, 1.54) is 4.80 Å². The number of nitrogens with zero attached hydrogens (tertiary/aromatic N) is 4. The van der Waals surface area contributed by atoms with Gasteiger partial charge in [-0.1, -0.05) is 29.4 Å². The molecule has 1 aromatic heterocycles. The van der Waals surface area contributed by atoms with Gasteiger partial charge in [-0.3, -0.25) is 0 Å². The second-order valence-corrected chi connectivity index (χ2v) is 5.71. The van der Waals surface area contributed by atoms with Crippen molar-refractivity contribution in [3.05, 3.63) is 35.4 Å². The summed E-state index contributed by atoms with van der Waals surface area (Å²) < 4.78 is 26.0. The lowest BCUT2D eigenvalue weighted by atomic mass is 10.1. The molecular formula is C10H14N6O2S. The van der Waals surface area contributed by atoms with E-state index in [0.717, 1.165) is 5.56 Å². The van der Waals surface area contributed by atoms with Crippen LogP contribution in [0.15, 0.2) is 24.3 Å². The van der Waals surface area contributed by atoms with Gasteiger partial charge in [0.1, 0.15) is 0 Å². The second kappa shape index (κ2) is 5.33. The summed E-state index contributed by atoms with van der Waals surface area (Å²) in [6.07, 6.45) is 0. The average molecular weight is 282 g/mol. The third-order valence-corrected chi connectivity index (χ3v) is 3.58. The van der Waals surface area contributed by atoms with Crippen LogP contribution in [0.3, 0.4) is 0 Å². The van der Waals surface area contributed by atoms with Crippen molar-refractivity contribution in [2.75, 3.05) is 4.72 Å². The molecule has 0 saturated heterocycles. The number of aryl methyl sites for hydroxylation is 1. The minimum Gasteiger partial charge on any atom is -0.326 e. The molecule has 102 valence electrons. The second-order valence-electron chi connectivity index (χ2n) is 3.98. The lowest BCUT2D eigenvalue weighted by molar-refractivity contribution is 0.600. The zero-order chi connectivity index (χ0) is 13.9. The summed E-state index contributed by atoms with van der Waals surface area (Å²) in [5.74, 6) is -0.197. The van der Waals surface area contributed by atoms with E-state index in [0.29, 0.717) is 12.1 Å². The first kappa shape index (κ1) is 13.4. The largest absolute Gasteiger partial charge is 0.326 e. The van der Waals surface area contributed by atoms with Crippen molar-refractivity contribution in [3.63, 3.8) is 0 Å². The van der Waals surface area contributed by atoms with E-state index in [9.17, 15) is 8.42 Å². The van der Waals surface area contributed by atoms with E-state index in [1.807, 2.05) is 0 Å². The Balaban J connectivity index is 2.07. The van der Waals surface area contributed by atoms with E-state index in [-0.39, 0.29) is 11.7 Å². The van der Waals surface area contributed by atoms with Gasteiger partial charge in [-0.25, -0.2) is 13.1 Å². The van der Waals surface area contributed by atoms with E-state index >= 15 is 0 Å². The van der Waals surface area contributed by atoms with Crippen molar-refractivity contribution < 1.29 is 8.42 Å². The SMILES string of the molecule is Cn1nnc(NS(=O)(=O)Cc2ccc(CN)cc2)n1. The van der Waals surface area contributed by atoms with Crippen LogP contribution >= 0.6 is 0 Å². The van der Waals surface area contributed by atoms with Gasteiger partial charge in [-0.15, -0.1) is 5.10 Å². The van der Waals surface area contributed by atoms with E-state index in [2.05, 4.69) is 20.1 Å². The van der Waals surface area contributed by atoms with Gasteiger partial charge in [-0.05, 0) is 16.3 Å². The van der Waals surface area contributed by atoms with Crippen molar-refractivity contribution in [2.45, 2.75) is 12.3 Å². The van der Waals surface area contributed by atoms with Crippen molar-refractivity contribution in [1.29, 1.82) is 0 Å². The van der Waals surface area contributed by atoms with Crippen molar-refractivity contribution in [3.8, 4) is 0 Å². The van der Waals surface area contributed by atoms with Crippen LogP contribution in [0.1, 0.15) is 11.1 Å². The Morgan fingerprint density at radius 3 is 2.42 bits per heavy atom. The predicted octanol–water partition coefficient (Wildman–Crippen LogP) is -0.389. The third kappa shape index (κ3) is 3.73. The van der Waals surface area contributed by atoms with Gasteiger partial charge >= 0.3 is 0 Å². The standard InChI is InChI=1S/C10H14N6O2S/c1-16-13-10(12-15-16)14-19(17,18)7-9-4-2-8(6-11)3-5-9/h2-5H,6-7,11H2,1H3,(H,13,14). The summed E-state index contributed by atoms with van der Waals surface area (Å²) >= 11 is 0. The minimum atomic E-state index is -3.55. The predicted molar refractivity (Wildman–Crippen MR) is 69.4 cm³/mol. The monoisotopic (exact) mass is 282 g/mol. The number of hydrogen-bond donors (Lipinski definition) is 2. The number of anilines is 1. The average Bonchev–Trinajstić information content (AvgIpc) is 2.74. The molecule has 0 aliphatic rings. The van der Waals surface area contributed by atoms with E-state index < -0.39 is 10.0 Å². The van der Waals surface area contributed by atoms with Gasteiger partial charge in [0.2, 0.25) is 10.0 Å². The fourth-order valence-corrected chi connectivity index (χ4v) is 2.55. The Morgan fingerprint density at radius 2 is 1.89 bits per heavy atom. The minimum absolute atomic E-state index is 0.0407. The van der Waals surface area contributed by atoms with Gasteiger partial charge in [0, 0.05) is 6.54 Å². The normalized spacial score (nSPS) is 11.5. The Kier molecular flexibility index (Phi) is 3.76. The first-order valence-corrected chi connectivity index (χ1v) is 7.16. The molecule has 19 heavy (non-hydrogen) atoms. The summed E-state index contributed by atoms with van der Waals surface area (Å²) in [5, 5.41) is 10.9. The highest BCUT2D eigenvalue weighted by Gasteiger charge is 2.14. The summed E-state index contributed by atoms with van der Waals surface area (Å²) in [6.45, 7) is 0.425. The van der Waals surface area contributed by atoms with Crippen LogP contribution in [0.5, 0.6) is 0 Å². The van der Waals surface area contributed by atoms with Gasteiger partial charge in [0.25, 0.3) is 5.95 Å². The molecule has 0 atom stereocenters. The first-order chi connectivity index (χ1) is 8.98. The number of tetrazole rings is 1. The van der Waals surface area contributed by atoms with Crippen molar-refractivity contribution >= 4 is 16.0 Å². The quantitative estimate of drug-likeness (QED) is 0.771. The zero-order valence-electron chi connectivity index (χ0n) is 10.3. The van der Waals surface area contributed by atoms with Gasteiger partial charge < -0.3 is 5.73 Å². The molecular weight excluding hydrogens is 268 g/mol. The smallest absolute Gasteiger partial charge is 0.276 e. The molecule has 0 unspecified atom stereocenters. The summed E-state index contributed by atoms with van der Waals surface area (Å²) in [6, 6.07) is 7.05. The Hall–Kier alpha value is -2.00. The molecule has 2 aromatic rings. The van der Waals surface area contributed by atoms with Crippen LogP contribution in [0.2, 0.25) is 0 Å². The molecule has 0 aliphatic carbocycles. The Bertz CT molecular complexity index is 649. The Morgan fingerprint density at radius 1 is 1.26 bits per heavy atom. The van der Waals surface area contributed by atoms with Crippen molar-refractivity contribution in [2.24, 2.45) is 12.8 Å². The molecule has 9 heteroatoms. The maximum Gasteiger partial charge on any atom is 0.276 e. The topological polar surface area (TPSA) is 116 Å². The lowest BCUT2D eigenvalue weighted by Crippen LogP contribution is -2.16. The molecule has 8 nitrogen and oxygen atoms in total. The van der Waals surface area contributed by atoms with Crippen LogP contribution in [0.4, 0.5) is 5.95 Å². The summed E-state index contributed by atoms with van der Waals surface area (Å²) in [5.41, 5.74) is 7.08. The van der Waals surface area contributed by atoms with Gasteiger partial charge in [-0.2, -0.15) is 4.80 Å². The molecule has 0 amide bonds. The van der Waals surface area contributed by atoms with Crippen LogP contribution in [0, 0.1) is 0 Å². The number of benzene rings is 1. The number of sulfonamides is 1. The highest BCUT2D eigenvalue weighted by molar-refractivity contribution is 7.91. The first-order valence-electron chi connectivity index (χ1n) is 5.51. The van der Waals surface area contributed by atoms with Crippen LogP contribution in [0.25, 0.3) is 0 Å². The number of nitrogens with two attached hydrogens (primary N) is 1. The fraction of sp³-hybridized carbons (Fsp3) is 0.300. The fourth-order valence-electron chi connectivity index (χ4n) is 1.49. The molecule has 0 bridgehead atoms. The Labute approximate surface area is 110 Å². The van der Waals surface area contributed by atoms with Crippen LogP contribution in [-0.4, -0.2) is 28.6 Å². The number of hydrogen-bond acceptors (Lipinski definition) is 6. The van der Waals surface area contributed by atoms with Gasteiger partial charge in [0.15, 0.2) is 0 Å². The third-order valence-electron chi connectivity index (χ3n) is 2.37. The highest BCUT2D eigenvalue weighted by Crippen LogP contribution is 2.09. The number of nitrogens with one attached hydrogen (secondary N) is 1. The number of aromatic nitrogens is 4. The maximum absolute atomic E-state index is 11.9. The molecule has 0 saturated carbocycles. The summed E-state index contributed by atoms with van der Waals surface area (Å²) in [4.78, 5) is 1.17. The van der Waals surface area contributed by atoms with Crippen LogP contribution < -0.4 is 10.5 Å². The van der Waals surface area contributed by atoms with Crippen molar-refractivity contribution in [1.82, 2.24) is 20.2 Å². The molecule has 1 heterocycles. The van der Waals surface area contributed by atoms with E-state index in [4.69, 9.17) is 5.73 Å². The number of rotatable bonds is 5. The molecule has 0 aliphatic heterocycles. The highest BCUT2D eigenvalue weighted by atomic mass is 32.2.